The zero-order valence-corrected chi connectivity index (χ0v) is 12.5. The first-order chi connectivity index (χ1) is 10.4. The van der Waals surface area contributed by atoms with Gasteiger partial charge in [0, 0.05) is 11.6 Å². The minimum Gasteiger partial charge on any atom is -0.478 e. The van der Waals surface area contributed by atoms with Gasteiger partial charge in [-0.15, -0.1) is 0 Å². The summed E-state index contributed by atoms with van der Waals surface area (Å²) in [6.07, 6.45) is 1.47. The van der Waals surface area contributed by atoms with E-state index in [2.05, 4.69) is 0 Å². The Kier molecular flexibility index (Phi) is 4.39. The van der Waals surface area contributed by atoms with Crippen molar-refractivity contribution >= 4 is 29.3 Å². The minimum absolute atomic E-state index is 0.00226. The summed E-state index contributed by atoms with van der Waals surface area (Å²) < 4.78 is 5.64. The summed E-state index contributed by atoms with van der Waals surface area (Å²) in [6, 6.07) is 10.1. The Morgan fingerprint density at radius 1 is 1.41 bits per heavy atom. The lowest BCUT2D eigenvalue weighted by Gasteiger charge is -2.04. The number of nitrogens with two attached hydrogens (primary N) is 1. The number of carboxylic acids is 1. The number of nitrogens with zero attached hydrogens (tertiary/aromatic N) is 1. The van der Waals surface area contributed by atoms with Gasteiger partial charge in [0.05, 0.1) is 11.1 Å². The molecule has 0 aliphatic rings. The van der Waals surface area contributed by atoms with E-state index < -0.39 is 5.97 Å². The lowest BCUT2D eigenvalue weighted by molar-refractivity contribution is 0.0697. The number of hydrogen-bond donors (Lipinski definition) is 2. The molecule has 0 saturated heterocycles. The van der Waals surface area contributed by atoms with Gasteiger partial charge in [-0.3, -0.25) is 0 Å². The van der Waals surface area contributed by atoms with E-state index in [0.717, 1.165) is 11.1 Å². The molecule has 0 atom stereocenters. The predicted octanol–water partition coefficient (Wildman–Crippen LogP) is 3.15. The average molecular weight is 312 g/mol. The van der Waals surface area contributed by atoms with Crippen LogP contribution in [0.5, 0.6) is 0 Å². The van der Waals surface area contributed by atoms with Crippen molar-refractivity contribution in [1.29, 1.82) is 5.26 Å². The molecule has 6 heteroatoms. The summed E-state index contributed by atoms with van der Waals surface area (Å²) in [5.41, 5.74) is 7.36. The van der Waals surface area contributed by atoms with E-state index in [1.54, 1.807) is 31.2 Å². The van der Waals surface area contributed by atoms with E-state index in [1.807, 2.05) is 6.07 Å². The highest BCUT2D eigenvalue weighted by Crippen LogP contribution is 2.27. The zero-order chi connectivity index (χ0) is 16.3. The molecule has 22 heavy (non-hydrogen) atoms. The molecule has 1 heterocycles. The van der Waals surface area contributed by atoms with Gasteiger partial charge in [-0.25, -0.2) is 4.79 Å². The monoisotopic (exact) mass is 312 g/mol. The van der Waals surface area contributed by atoms with Crippen LogP contribution in [0.25, 0.3) is 17.4 Å². The fourth-order valence-corrected chi connectivity index (χ4v) is 2.05. The Morgan fingerprint density at radius 3 is 2.68 bits per heavy atom. The SMILES string of the molecule is Cc1cc(C(=O)O)ccc1-c1ccc(C=C(C#N)C(N)=S)o1. The third-order valence-electron chi connectivity index (χ3n) is 3.04. The van der Waals surface area contributed by atoms with Crippen molar-refractivity contribution in [2.24, 2.45) is 5.73 Å². The Hall–Kier alpha value is -2.91. The lowest BCUT2D eigenvalue weighted by atomic mass is 10.0. The fraction of sp³-hybridized carbons (Fsp3) is 0.0625. The molecule has 0 fully saturated rings. The summed E-state index contributed by atoms with van der Waals surface area (Å²) in [7, 11) is 0. The fourth-order valence-electron chi connectivity index (χ4n) is 1.95. The molecule has 0 aliphatic heterocycles. The largest absolute Gasteiger partial charge is 0.478 e. The van der Waals surface area contributed by atoms with Gasteiger partial charge in [-0.05, 0) is 36.8 Å². The maximum atomic E-state index is 10.9. The summed E-state index contributed by atoms with van der Waals surface area (Å²) >= 11 is 4.76. The molecular weight excluding hydrogens is 300 g/mol. The highest BCUT2D eigenvalue weighted by Gasteiger charge is 2.11. The van der Waals surface area contributed by atoms with E-state index in [0.29, 0.717) is 11.5 Å². The van der Waals surface area contributed by atoms with Crippen LogP contribution in [0.15, 0.2) is 40.3 Å². The molecular formula is C16H12N2O3S. The van der Waals surface area contributed by atoms with Crippen LogP contribution in [-0.4, -0.2) is 16.1 Å². The number of benzene rings is 1. The van der Waals surface area contributed by atoms with Crippen LogP contribution in [0.1, 0.15) is 21.7 Å². The van der Waals surface area contributed by atoms with Crippen LogP contribution < -0.4 is 5.73 Å². The van der Waals surface area contributed by atoms with Crippen LogP contribution in [0.2, 0.25) is 0 Å². The van der Waals surface area contributed by atoms with Crippen molar-refractivity contribution in [1.82, 2.24) is 0 Å². The quantitative estimate of drug-likeness (QED) is 0.511. The van der Waals surface area contributed by atoms with Crippen molar-refractivity contribution in [3.8, 4) is 17.4 Å². The summed E-state index contributed by atoms with van der Waals surface area (Å²) in [4.78, 5) is 10.9. The smallest absolute Gasteiger partial charge is 0.335 e. The Bertz CT molecular complexity index is 828. The molecule has 5 nitrogen and oxygen atoms in total. The first-order valence-electron chi connectivity index (χ1n) is 6.28. The van der Waals surface area contributed by atoms with Gasteiger partial charge >= 0.3 is 5.97 Å². The van der Waals surface area contributed by atoms with Gasteiger partial charge in [0.15, 0.2) is 0 Å². The van der Waals surface area contributed by atoms with Crippen molar-refractivity contribution in [2.75, 3.05) is 0 Å². The molecule has 0 aliphatic carbocycles. The molecule has 0 unspecified atom stereocenters. The van der Waals surface area contributed by atoms with E-state index in [4.69, 9.17) is 32.7 Å². The minimum atomic E-state index is -0.979. The zero-order valence-electron chi connectivity index (χ0n) is 11.7. The highest BCUT2D eigenvalue weighted by atomic mass is 32.1. The maximum Gasteiger partial charge on any atom is 0.335 e. The number of rotatable bonds is 4. The normalized spacial score (nSPS) is 11.0. The van der Waals surface area contributed by atoms with Gasteiger partial charge in [0.1, 0.15) is 22.6 Å². The molecule has 1 aromatic heterocycles. The number of furan rings is 1. The molecule has 0 spiro atoms. The van der Waals surface area contributed by atoms with Crippen LogP contribution in [0, 0.1) is 18.3 Å². The van der Waals surface area contributed by atoms with Crippen LogP contribution in [0.4, 0.5) is 0 Å². The Labute approximate surface area is 132 Å². The van der Waals surface area contributed by atoms with Crippen molar-refractivity contribution < 1.29 is 14.3 Å². The van der Waals surface area contributed by atoms with E-state index >= 15 is 0 Å². The molecule has 0 bridgehead atoms. The number of aromatic carboxylic acids is 1. The second kappa shape index (κ2) is 6.24. The Balaban J connectivity index is 2.39. The van der Waals surface area contributed by atoms with Crippen LogP contribution >= 0.6 is 12.2 Å². The third kappa shape index (κ3) is 3.22. The van der Waals surface area contributed by atoms with Gasteiger partial charge < -0.3 is 15.3 Å². The molecule has 110 valence electrons. The number of carboxylic acid groups (broad SMARTS) is 1. The molecule has 1 aromatic carbocycles. The maximum absolute atomic E-state index is 10.9. The Morgan fingerprint density at radius 2 is 2.14 bits per heavy atom. The first-order valence-corrected chi connectivity index (χ1v) is 6.69. The summed E-state index contributed by atoms with van der Waals surface area (Å²) in [5.74, 6) is 0.0369. The topological polar surface area (TPSA) is 100 Å². The average Bonchev–Trinajstić information content (AvgIpc) is 2.92. The number of aryl methyl sites for hydroxylation is 1. The number of carbonyl (C=O) groups is 1. The van der Waals surface area contributed by atoms with Crippen molar-refractivity contribution in [2.45, 2.75) is 6.92 Å². The summed E-state index contributed by atoms with van der Waals surface area (Å²) in [5, 5.41) is 17.9. The molecule has 3 N–H and O–H groups in total. The lowest BCUT2D eigenvalue weighted by Crippen LogP contribution is -2.09. The number of hydrogen-bond acceptors (Lipinski definition) is 4. The number of nitriles is 1. The molecule has 0 amide bonds. The van der Waals surface area contributed by atoms with Crippen molar-refractivity contribution in [3.05, 3.63) is 52.8 Å². The van der Waals surface area contributed by atoms with Crippen LogP contribution in [0.3, 0.4) is 0 Å². The summed E-state index contributed by atoms with van der Waals surface area (Å²) in [6.45, 7) is 1.80. The molecule has 0 radical (unpaired) electrons. The van der Waals surface area contributed by atoms with Gasteiger partial charge in [-0.1, -0.05) is 18.3 Å². The number of thiocarbonyl (C=S) groups is 1. The first kappa shape index (κ1) is 15.5. The van der Waals surface area contributed by atoms with Crippen LogP contribution in [-0.2, 0) is 0 Å². The second-order valence-electron chi connectivity index (χ2n) is 4.57. The molecule has 0 saturated carbocycles. The molecule has 2 rings (SSSR count). The van der Waals surface area contributed by atoms with E-state index in [9.17, 15) is 4.79 Å². The predicted molar refractivity (Wildman–Crippen MR) is 86.2 cm³/mol. The third-order valence-corrected chi connectivity index (χ3v) is 3.26. The van der Waals surface area contributed by atoms with Crippen molar-refractivity contribution in [3.63, 3.8) is 0 Å². The molecule has 2 aromatic rings. The standard InChI is InChI=1S/C16H12N2O3S/c1-9-6-10(16(19)20)2-4-13(9)14-5-3-12(21-14)7-11(8-17)15(18)22/h2-7H,1H3,(H2,18,22)(H,19,20). The second-order valence-corrected chi connectivity index (χ2v) is 5.01. The highest BCUT2D eigenvalue weighted by molar-refractivity contribution is 7.80. The van der Waals surface area contributed by atoms with E-state index in [1.165, 1.54) is 12.1 Å². The van der Waals surface area contributed by atoms with E-state index in [-0.39, 0.29) is 16.1 Å². The van der Waals surface area contributed by atoms with Gasteiger partial charge in [-0.2, -0.15) is 5.26 Å². The van der Waals surface area contributed by atoms with Gasteiger partial charge in [0.25, 0.3) is 0 Å². The van der Waals surface area contributed by atoms with Gasteiger partial charge in [0.2, 0.25) is 0 Å².